The van der Waals surface area contributed by atoms with Gasteiger partial charge in [-0.2, -0.15) is 0 Å². The second-order valence-corrected chi connectivity index (χ2v) is 8.07. The van der Waals surface area contributed by atoms with E-state index in [9.17, 15) is 18.4 Å². The molecular formula is C21H28F2N2O3. The van der Waals surface area contributed by atoms with Crippen LogP contribution in [-0.2, 0) is 9.53 Å². The topological polar surface area (TPSA) is 58.6 Å². The molecule has 28 heavy (non-hydrogen) atoms. The molecule has 1 aliphatic carbocycles. The number of carbonyl (C=O) groups is 2. The summed E-state index contributed by atoms with van der Waals surface area (Å²) in [5.41, 5.74) is -1.16. The van der Waals surface area contributed by atoms with E-state index in [0.717, 1.165) is 31.4 Å². The van der Waals surface area contributed by atoms with Gasteiger partial charge in [0.05, 0.1) is 12.2 Å². The van der Waals surface area contributed by atoms with Crippen LogP contribution < -0.4 is 5.32 Å². The van der Waals surface area contributed by atoms with E-state index < -0.39 is 29.3 Å². The number of halogens is 2. The van der Waals surface area contributed by atoms with Gasteiger partial charge in [-0.25, -0.2) is 8.78 Å². The molecule has 0 unspecified atom stereocenters. The summed E-state index contributed by atoms with van der Waals surface area (Å²) in [4.78, 5) is 27.6. The second kappa shape index (κ2) is 8.15. The zero-order valence-corrected chi connectivity index (χ0v) is 16.6. The number of nitrogens with zero attached hydrogens (tertiary/aromatic N) is 1. The highest BCUT2D eigenvalue weighted by Crippen LogP contribution is 2.43. The van der Waals surface area contributed by atoms with Crippen molar-refractivity contribution in [3.8, 4) is 0 Å². The van der Waals surface area contributed by atoms with Crippen LogP contribution in [-0.4, -0.2) is 41.1 Å². The maximum absolute atomic E-state index is 14.3. The fourth-order valence-electron chi connectivity index (χ4n) is 4.01. The molecule has 2 atom stereocenters. The SMILES string of the molecule is CC[C@@H](C)NC(=O)[C@@H]1COC2(CCC(C)CC2)N1C(=O)c1ccc(F)cc1F. The molecule has 1 saturated carbocycles. The van der Waals surface area contributed by atoms with Crippen molar-refractivity contribution in [2.45, 2.75) is 70.7 Å². The van der Waals surface area contributed by atoms with E-state index in [1.807, 2.05) is 13.8 Å². The predicted octanol–water partition coefficient (Wildman–Crippen LogP) is 3.63. The summed E-state index contributed by atoms with van der Waals surface area (Å²) >= 11 is 0. The van der Waals surface area contributed by atoms with Gasteiger partial charge in [-0.1, -0.05) is 13.8 Å². The lowest BCUT2D eigenvalue weighted by molar-refractivity contribution is -0.128. The first-order valence-electron chi connectivity index (χ1n) is 10.0. The number of nitrogens with one attached hydrogen (secondary N) is 1. The van der Waals surface area contributed by atoms with Gasteiger partial charge in [0.2, 0.25) is 5.91 Å². The summed E-state index contributed by atoms with van der Waals surface area (Å²) < 4.78 is 33.7. The highest BCUT2D eigenvalue weighted by molar-refractivity contribution is 5.98. The summed E-state index contributed by atoms with van der Waals surface area (Å²) in [6, 6.07) is 1.99. The number of hydrogen-bond donors (Lipinski definition) is 1. The average molecular weight is 394 g/mol. The number of ether oxygens (including phenoxy) is 1. The second-order valence-electron chi connectivity index (χ2n) is 8.07. The van der Waals surface area contributed by atoms with Crippen LogP contribution in [0.1, 0.15) is 63.2 Å². The van der Waals surface area contributed by atoms with Crippen LogP contribution >= 0.6 is 0 Å². The molecule has 2 aliphatic rings. The molecule has 0 bridgehead atoms. The van der Waals surface area contributed by atoms with Crippen molar-refractivity contribution in [3.63, 3.8) is 0 Å². The molecule has 3 rings (SSSR count). The van der Waals surface area contributed by atoms with Crippen LogP contribution in [0.15, 0.2) is 18.2 Å². The Morgan fingerprint density at radius 1 is 1.32 bits per heavy atom. The average Bonchev–Trinajstić information content (AvgIpc) is 3.02. The zero-order valence-electron chi connectivity index (χ0n) is 16.6. The van der Waals surface area contributed by atoms with Gasteiger partial charge in [0.15, 0.2) is 0 Å². The minimum absolute atomic E-state index is 0.0464. The predicted molar refractivity (Wildman–Crippen MR) is 101 cm³/mol. The van der Waals surface area contributed by atoms with Gasteiger partial charge in [-0.15, -0.1) is 0 Å². The van der Waals surface area contributed by atoms with Crippen molar-refractivity contribution in [1.82, 2.24) is 10.2 Å². The molecule has 1 saturated heterocycles. The number of carbonyl (C=O) groups excluding carboxylic acids is 2. The van der Waals surface area contributed by atoms with Gasteiger partial charge in [-0.3, -0.25) is 14.5 Å². The minimum Gasteiger partial charge on any atom is -0.353 e. The van der Waals surface area contributed by atoms with Gasteiger partial charge >= 0.3 is 0 Å². The Balaban J connectivity index is 1.95. The molecular weight excluding hydrogens is 366 g/mol. The van der Waals surface area contributed by atoms with Crippen LogP contribution in [0.5, 0.6) is 0 Å². The Kier molecular flexibility index (Phi) is 6.03. The summed E-state index contributed by atoms with van der Waals surface area (Å²) in [5, 5.41) is 2.90. The van der Waals surface area contributed by atoms with E-state index in [0.29, 0.717) is 24.8 Å². The van der Waals surface area contributed by atoms with Crippen LogP contribution in [0.4, 0.5) is 8.78 Å². The van der Waals surface area contributed by atoms with Crippen LogP contribution in [0.25, 0.3) is 0 Å². The molecule has 0 radical (unpaired) electrons. The van der Waals surface area contributed by atoms with E-state index in [1.54, 1.807) is 0 Å². The van der Waals surface area contributed by atoms with Crippen LogP contribution in [0.2, 0.25) is 0 Å². The summed E-state index contributed by atoms with van der Waals surface area (Å²) in [5.74, 6) is -2.12. The molecule has 5 nitrogen and oxygen atoms in total. The van der Waals surface area contributed by atoms with E-state index in [2.05, 4.69) is 12.2 Å². The van der Waals surface area contributed by atoms with Crippen molar-refractivity contribution < 1.29 is 23.1 Å². The Morgan fingerprint density at radius 2 is 2.00 bits per heavy atom. The number of hydrogen-bond acceptors (Lipinski definition) is 3. The van der Waals surface area contributed by atoms with Crippen LogP contribution in [0, 0.1) is 17.6 Å². The summed E-state index contributed by atoms with van der Waals surface area (Å²) in [7, 11) is 0. The first-order valence-corrected chi connectivity index (χ1v) is 10.0. The fraction of sp³-hybridized carbons (Fsp3) is 0.619. The van der Waals surface area contributed by atoms with E-state index in [-0.39, 0.29) is 24.1 Å². The molecule has 2 amide bonds. The summed E-state index contributed by atoms with van der Waals surface area (Å²) in [6.45, 7) is 6.06. The quantitative estimate of drug-likeness (QED) is 0.849. The molecule has 154 valence electrons. The molecule has 7 heteroatoms. The standard InChI is InChI=1S/C21H28F2N2O3/c1-4-14(3)24-19(26)18-12-28-21(9-7-13(2)8-10-21)25(18)20(27)16-6-5-15(22)11-17(16)23/h5-6,11,13-14,18H,4,7-10,12H2,1-3H3,(H,24,26)/t13?,14-,18+,21?/m1/s1. The maximum Gasteiger partial charge on any atom is 0.259 e. The third kappa shape index (κ3) is 3.90. The van der Waals surface area contributed by atoms with E-state index >= 15 is 0 Å². The van der Waals surface area contributed by atoms with Crippen molar-refractivity contribution in [2.75, 3.05) is 6.61 Å². The number of rotatable bonds is 4. The molecule has 1 aromatic carbocycles. The normalized spacial score (nSPS) is 28.4. The molecule has 1 aliphatic heterocycles. The Labute approximate surface area is 164 Å². The summed E-state index contributed by atoms with van der Waals surface area (Å²) in [6.07, 6.45) is 3.65. The lowest BCUT2D eigenvalue weighted by Crippen LogP contribution is -2.57. The molecule has 1 N–H and O–H groups in total. The highest BCUT2D eigenvalue weighted by Gasteiger charge is 2.54. The van der Waals surface area contributed by atoms with Crippen molar-refractivity contribution >= 4 is 11.8 Å². The smallest absolute Gasteiger partial charge is 0.259 e. The van der Waals surface area contributed by atoms with Crippen LogP contribution in [0.3, 0.4) is 0 Å². The van der Waals surface area contributed by atoms with Gasteiger partial charge in [0, 0.05) is 12.1 Å². The van der Waals surface area contributed by atoms with E-state index in [1.165, 1.54) is 4.90 Å². The van der Waals surface area contributed by atoms with Gasteiger partial charge < -0.3 is 10.1 Å². The molecule has 2 fully saturated rings. The van der Waals surface area contributed by atoms with Gasteiger partial charge in [0.25, 0.3) is 5.91 Å². The lowest BCUT2D eigenvalue weighted by Gasteiger charge is -2.43. The Morgan fingerprint density at radius 3 is 2.61 bits per heavy atom. The number of amides is 2. The van der Waals surface area contributed by atoms with Gasteiger partial charge in [-0.05, 0) is 57.1 Å². The van der Waals surface area contributed by atoms with E-state index in [4.69, 9.17) is 4.74 Å². The monoisotopic (exact) mass is 394 g/mol. The first-order chi connectivity index (χ1) is 13.3. The van der Waals surface area contributed by atoms with Crippen molar-refractivity contribution in [1.29, 1.82) is 0 Å². The fourth-order valence-corrected chi connectivity index (χ4v) is 4.01. The maximum atomic E-state index is 14.3. The third-order valence-corrected chi connectivity index (χ3v) is 6.00. The number of benzene rings is 1. The van der Waals surface area contributed by atoms with Gasteiger partial charge in [0.1, 0.15) is 23.4 Å². The minimum atomic E-state index is -0.933. The third-order valence-electron chi connectivity index (χ3n) is 6.00. The zero-order chi connectivity index (χ0) is 20.5. The molecule has 1 spiro atoms. The molecule has 1 heterocycles. The Bertz CT molecular complexity index is 747. The Hall–Kier alpha value is -2.02. The first kappa shape index (κ1) is 20.7. The molecule has 0 aromatic heterocycles. The largest absolute Gasteiger partial charge is 0.353 e. The molecule has 1 aromatic rings. The van der Waals surface area contributed by atoms with Crippen molar-refractivity contribution in [3.05, 3.63) is 35.4 Å². The highest BCUT2D eigenvalue weighted by atomic mass is 19.1. The lowest BCUT2D eigenvalue weighted by atomic mass is 9.83. The van der Waals surface area contributed by atoms with Crippen molar-refractivity contribution in [2.24, 2.45) is 5.92 Å².